The van der Waals surface area contributed by atoms with Crippen LogP contribution in [-0.2, 0) is 16.0 Å². The summed E-state index contributed by atoms with van der Waals surface area (Å²) in [6.45, 7) is 7.59. The molecule has 0 bridgehead atoms. The molecule has 0 aliphatic rings. The van der Waals surface area contributed by atoms with Crippen molar-refractivity contribution in [1.82, 2.24) is 10.6 Å². The molecule has 0 radical (unpaired) electrons. The number of benzene rings is 1. The van der Waals surface area contributed by atoms with Crippen LogP contribution in [-0.4, -0.2) is 46.5 Å². The van der Waals surface area contributed by atoms with E-state index in [4.69, 9.17) is 9.47 Å². The largest absolute Gasteiger partial charge is 0.382 e. The minimum atomic E-state index is 0.618. The Labute approximate surface area is 127 Å². The van der Waals surface area contributed by atoms with Gasteiger partial charge in [0.25, 0.3) is 0 Å². The van der Waals surface area contributed by atoms with Crippen molar-refractivity contribution in [2.75, 3.05) is 40.5 Å². The zero-order valence-corrected chi connectivity index (χ0v) is 13.5. The van der Waals surface area contributed by atoms with Crippen molar-refractivity contribution in [3.63, 3.8) is 0 Å². The highest BCUT2D eigenvalue weighted by molar-refractivity contribution is 5.79. The Morgan fingerprint density at radius 3 is 2.62 bits per heavy atom. The summed E-state index contributed by atoms with van der Waals surface area (Å²) in [6.07, 6.45) is 0. The van der Waals surface area contributed by atoms with E-state index in [2.05, 4.69) is 47.7 Å². The Hall–Kier alpha value is -1.59. The third-order valence-electron chi connectivity index (χ3n) is 3.14. The molecular weight excluding hydrogens is 266 g/mol. The molecule has 0 aromatic heterocycles. The molecule has 0 fully saturated rings. The lowest BCUT2D eigenvalue weighted by Crippen LogP contribution is -2.38. The summed E-state index contributed by atoms with van der Waals surface area (Å²) in [5, 5.41) is 6.53. The van der Waals surface area contributed by atoms with Gasteiger partial charge in [-0.3, -0.25) is 4.99 Å². The molecule has 1 aromatic carbocycles. The van der Waals surface area contributed by atoms with Crippen LogP contribution in [0, 0.1) is 13.8 Å². The fourth-order valence-electron chi connectivity index (χ4n) is 1.93. The van der Waals surface area contributed by atoms with E-state index >= 15 is 0 Å². The summed E-state index contributed by atoms with van der Waals surface area (Å²) < 4.78 is 10.3. The fraction of sp³-hybridized carbons (Fsp3) is 0.562. The molecule has 118 valence electrons. The van der Waals surface area contributed by atoms with Crippen LogP contribution in [0.2, 0.25) is 0 Å². The Bertz CT molecular complexity index is 447. The fourth-order valence-corrected chi connectivity index (χ4v) is 1.93. The van der Waals surface area contributed by atoms with E-state index in [9.17, 15) is 0 Å². The number of hydrogen-bond donors (Lipinski definition) is 2. The quantitative estimate of drug-likeness (QED) is 0.434. The van der Waals surface area contributed by atoms with Crippen LogP contribution >= 0.6 is 0 Å². The zero-order chi connectivity index (χ0) is 15.5. The Morgan fingerprint density at radius 1 is 1.14 bits per heavy atom. The lowest BCUT2D eigenvalue weighted by atomic mass is 10.1. The van der Waals surface area contributed by atoms with E-state index in [1.54, 1.807) is 14.2 Å². The summed E-state index contributed by atoms with van der Waals surface area (Å²) >= 11 is 0. The van der Waals surface area contributed by atoms with Crippen LogP contribution in [0.3, 0.4) is 0 Å². The molecule has 0 aliphatic carbocycles. The SMILES string of the molecule is CN=C(NCCOCCOC)NCc1ccc(C)cc1C. The lowest BCUT2D eigenvalue weighted by molar-refractivity contribution is 0.0733. The smallest absolute Gasteiger partial charge is 0.191 e. The molecule has 0 spiro atoms. The lowest BCUT2D eigenvalue weighted by Gasteiger charge is -2.13. The van der Waals surface area contributed by atoms with Crippen LogP contribution in [0.5, 0.6) is 0 Å². The molecule has 0 unspecified atom stereocenters. The van der Waals surface area contributed by atoms with Crippen LogP contribution in [0.25, 0.3) is 0 Å². The first-order chi connectivity index (χ1) is 10.2. The molecular formula is C16H27N3O2. The molecule has 0 saturated heterocycles. The van der Waals surface area contributed by atoms with Gasteiger partial charge in [0.15, 0.2) is 5.96 Å². The minimum Gasteiger partial charge on any atom is -0.382 e. The monoisotopic (exact) mass is 293 g/mol. The maximum Gasteiger partial charge on any atom is 0.191 e. The van der Waals surface area contributed by atoms with Crippen molar-refractivity contribution in [2.24, 2.45) is 4.99 Å². The average molecular weight is 293 g/mol. The number of nitrogens with zero attached hydrogens (tertiary/aromatic N) is 1. The topological polar surface area (TPSA) is 54.9 Å². The molecule has 5 nitrogen and oxygen atoms in total. The van der Waals surface area contributed by atoms with Crippen LogP contribution < -0.4 is 10.6 Å². The molecule has 0 saturated carbocycles. The first-order valence-electron chi connectivity index (χ1n) is 7.24. The van der Waals surface area contributed by atoms with Crippen molar-refractivity contribution in [3.05, 3.63) is 34.9 Å². The van der Waals surface area contributed by atoms with Crippen LogP contribution in [0.15, 0.2) is 23.2 Å². The molecule has 21 heavy (non-hydrogen) atoms. The van der Waals surface area contributed by atoms with Gasteiger partial charge in [0.1, 0.15) is 0 Å². The predicted octanol–water partition coefficient (Wildman–Crippen LogP) is 1.63. The highest BCUT2D eigenvalue weighted by Crippen LogP contribution is 2.09. The predicted molar refractivity (Wildman–Crippen MR) is 86.8 cm³/mol. The van der Waals surface area contributed by atoms with E-state index in [1.165, 1.54) is 16.7 Å². The number of nitrogens with one attached hydrogen (secondary N) is 2. The second-order valence-electron chi connectivity index (χ2n) is 4.89. The highest BCUT2D eigenvalue weighted by Gasteiger charge is 2.01. The number of rotatable bonds is 8. The van der Waals surface area contributed by atoms with Crippen molar-refractivity contribution in [3.8, 4) is 0 Å². The van der Waals surface area contributed by atoms with Gasteiger partial charge in [-0.25, -0.2) is 0 Å². The number of aryl methyl sites for hydroxylation is 2. The maximum atomic E-state index is 5.39. The van der Waals surface area contributed by atoms with Gasteiger partial charge in [-0.1, -0.05) is 23.8 Å². The van der Waals surface area contributed by atoms with E-state index in [1.807, 2.05) is 0 Å². The summed E-state index contributed by atoms with van der Waals surface area (Å²) in [5.41, 5.74) is 3.85. The molecule has 1 rings (SSSR count). The van der Waals surface area contributed by atoms with Gasteiger partial charge in [0, 0.05) is 27.2 Å². The molecule has 0 atom stereocenters. The van der Waals surface area contributed by atoms with Gasteiger partial charge in [0.05, 0.1) is 19.8 Å². The van der Waals surface area contributed by atoms with Gasteiger partial charge in [0.2, 0.25) is 0 Å². The van der Waals surface area contributed by atoms with E-state index in [-0.39, 0.29) is 0 Å². The van der Waals surface area contributed by atoms with Crippen LogP contribution in [0.1, 0.15) is 16.7 Å². The Morgan fingerprint density at radius 2 is 1.95 bits per heavy atom. The maximum absolute atomic E-state index is 5.39. The standard InChI is InChI=1S/C16H27N3O2/c1-13-5-6-15(14(2)11-13)12-19-16(17-3)18-7-8-21-10-9-20-4/h5-6,11H,7-10,12H2,1-4H3,(H2,17,18,19). The molecule has 2 N–H and O–H groups in total. The summed E-state index contributed by atoms with van der Waals surface area (Å²) in [6, 6.07) is 6.47. The number of ether oxygens (including phenoxy) is 2. The van der Waals surface area contributed by atoms with E-state index in [0.717, 1.165) is 19.0 Å². The minimum absolute atomic E-state index is 0.618. The molecule has 5 heteroatoms. The zero-order valence-electron chi connectivity index (χ0n) is 13.5. The first-order valence-corrected chi connectivity index (χ1v) is 7.24. The molecule has 0 heterocycles. The van der Waals surface area contributed by atoms with Crippen molar-refractivity contribution >= 4 is 5.96 Å². The van der Waals surface area contributed by atoms with Crippen molar-refractivity contribution < 1.29 is 9.47 Å². The number of guanidine groups is 1. The van der Waals surface area contributed by atoms with E-state index < -0.39 is 0 Å². The summed E-state index contributed by atoms with van der Waals surface area (Å²) in [5.74, 6) is 0.783. The second kappa shape index (κ2) is 10.2. The first kappa shape index (κ1) is 17.5. The highest BCUT2D eigenvalue weighted by atomic mass is 16.5. The van der Waals surface area contributed by atoms with Gasteiger partial charge in [-0.15, -0.1) is 0 Å². The Balaban J connectivity index is 2.28. The average Bonchev–Trinajstić information content (AvgIpc) is 2.47. The summed E-state index contributed by atoms with van der Waals surface area (Å²) in [7, 11) is 3.43. The number of aliphatic imine (C=N–C) groups is 1. The summed E-state index contributed by atoms with van der Waals surface area (Å²) in [4.78, 5) is 4.20. The van der Waals surface area contributed by atoms with Gasteiger partial charge >= 0.3 is 0 Å². The van der Waals surface area contributed by atoms with E-state index in [0.29, 0.717) is 19.8 Å². The Kier molecular flexibility index (Phi) is 8.47. The molecule has 1 aromatic rings. The third-order valence-corrected chi connectivity index (χ3v) is 3.14. The van der Waals surface area contributed by atoms with Gasteiger partial charge in [-0.05, 0) is 25.0 Å². The van der Waals surface area contributed by atoms with Crippen LogP contribution in [0.4, 0.5) is 0 Å². The molecule has 0 amide bonds. The van der Waals surface area contributed by atoms with Crippen molar-refractivity contribution in [1.29, 1.82) is 0 Å². The second-order valence-corrected chi connectivity index (χ2v) is 4.89. The van der Waals surface area contributed by atoms with Gasteiger partial charge < -0.3 is 20.1 Å². The normalized spacial score (nSPS) is 11.5. The van der Waals surface area contributed by atoms with Gasteiger partial charge in [-0.2, -0.15) is 0 Å². The van der Waals surface area contributed by atoms with Crippen molar-refractivity contribution in [2.45, 2.75) is 20.4 Å². The number of methoxy groups -OCH3 is 1. The number of hydrogen-bond acceptors (Lipinski definition) is 3. The molecule has 0 aliphatic heterocycles. The third kappa shape index (κ3) is 7.11.